The molecule has 200 valence electrons. The fourth-order valence-corrected chi connectivity index (χ4v) is 2.74. The van der Waals surface area contributed by atoms with Crippen molar-refractivity contribution in [3.63, 3.8) is 0 Å². The highest BCUT2D eigenvalue weighted by Gasteiger charge is 2.27. The maximum Gasteiger partial charge on any atom is 0.247 e. The predicted octanol–water partition coefficient (Wildman–Crippen LogP) is -3.48. The molecule has 0 heterocycles. The molecule has 0 aliphatic rings. The number of anilines is 1. The summed E-state index contributed by atoms with van der Waals surface area (Å²) >= 11 is 0. The van der Waals surface area contributed by atoms with Crippen LogP contribution in [0.1, 0.15) is 25.8 Å². The lowest BCUT2D eigenvalue weighted by Gasteiger charge is -2.21. The highest BCUT2D eigenvalue weighted by Crippen LogP contribution is 2.10. The topological polar surface area (TPSA) is 244 Å². The molecule has 0 spiro atoms. The van der Waals surface area contributed by atoms with Gasteiger partial charge in [-0.2, -0.15) is 0 Å². The van der Waals surface area contributed by atoms with Crippen LogP contribution in [0.25, 0.3) is 0 Å². The first-order chi connectivity index (χ1) is 16.9. The Morgan fingerprint density at radius 1 is 0.972 bits per heavy atom. The number of aliphatic imine (C=N–C) groups is 1. The van der Waals surface area contributed by atoms with E-state index in [4.69, 9.17) is 15.9 Å². The minimum Gasteiger partial charge on any atom is -0.394 e. The monoisotopic (exact) mass is 511 g/mol. The number of hydrogen-bond donors (Lipinski definition) is 9. The summed E-state index contributed by atoms with van der Waals surface area (Å²) in [6, 6.07) is 2.60. The van der Waals surface area contributed by atoms with Crippen molar-refractivity contribution in [2.45, 2.75) is 63.3 Å². The van der Waals surface area contributed by atoms with Gasteiger partial charge in [0.2, 0.25) is 23.6 Å². The van der Waals surface area contributed by atoms with Gasteiger partial charge in [-0.25, -0.2) is 0 Å². The van der Waals surface area contributed by atoms with Crippen LogP contribution >= 0.6 is 0 Å². The largest absolute Gasteiger partial charge is 0.394 e. The van der Waals surface area contributed by atoms with E-state index >= 15 is 0 Å². The first-order valence-electron chi connectivity index (χ1n) is 11.0. The van der Waals surface area contributed by atoms with Crippen LogP contribution in [0.5, 0.6) is 0 Å². The summed E-state index contributed by atoms with van der Waals surface area (Å²) in [6.07, 6.45) is -4.67. The molecule has 1 aromatic carbocycles. The van der Waals surface area contributed by atoms with Crippen molar-refractivity contribution in [3.05, 3.63) is 29.8 Å². The fraction of sp³-hybridized carbons (Fsp3) is 0.500. The van der Waals surface area contributed by atoms with E-state index in [1.54, 1.807) is 12.1 Å². The summed E-state index contributed by atoms with van der Waals surface area (Å²) < 4.78 is 0. The van der Waals surface area contributed by atoms with Crippen molar-refractivity contribution in [2.24, 2.45) is 10.7 Å². The van der Waals surface area contributed by atoms with E-state index in [1.807, 2.05) is 0 Å². The Morgan fingerprint density at radius 3 is 2.11 bits per heavy atom. The summed E-state index contributed by atoms with van der Waals surface area (Å²) in [4.78, 5) is 52.6. The second-order valence-electron chi connectivity index (χ2n) is 8.01. The number of nitrogens with two attached hydrogens (primary N) is 1. The molecule has 1 aromatic rings. The fourth-order valence-electron chi connectivity index (χ4n) is 2.74. The van der Waals surface area contributed by atoms with Crippen LogP contribution in [-0.4, -0.2) is 98.4 Å². The van der Waals surface area contributed by atoms with Crippen molar-refractivity contribution >= 4 is 35.5 Å². The maximum atomic E-state index is 12.6. The molecular weight excluding hydrogens is 478 g/mol. The molecule has 14 heteroatoms. The smallest absolute Gasteiger partial charge is 0.247 e. The molecular formula is C22H33N5O9. The van der Waals surface area contributed by atoms with Gasteiger partial charge in [-0.15, -0.1) is 0 Å². The van der Waals surface area contributed by atoms with Gasteiger partial charge in [-0.3, -0.25) is 24.2 Å². The molecule has 0 aliphatic carbocycles. The molecule has 0 fully saturated rings. The number of primary amides is 1. The predicted molar refractivity (Wildman–Crippen MR) is 127 cm³/mol. The molecule has 0 aliphatic heterocycles. The van der Waals surface area contributed by atoms with Crippen LogP contribution in [0.15, 0.2) is 29.3 Å². The van der Waals surface area contributed by atoms with E-state index in [0.717, 1.165) is 6.21 Å². The van der Waals surface area contributed by atoms with Crippen molar-refractivity contribution < 1.29 is 44.7 Å². The van der Waals surface area contributed by atoms with Crippen molar-refractivity contribution in [1.82, 2.24) is 10.6 Å². The second-order valence-corrected chi connectivity index (χ2v) is 8.01. The Kier molecular flexibility index (Phi) is 12.6. The average Bonchev–Trinajstić information content (AvgIpc) is 2.85. The molecule has 36 heavy (non-hydrogen) atoms. The molecule has 0 saturated carbocycles. The van der Waals surface area contributed by atoms with E-state index in [9.17, 15) is 34.5 Å². The normalized spacial score (nSPS) is 16.3. The number of amides is 4. The van der Waals surface area contributed by atoms with Crippen molar-refractivity contribution in [2.75, 3.05) is 11.9 Å². The number of nitrogens with one attached hydrogen (secondary N) is 3. The lowest BCUT2D eigenvalue weighted by molar-refractivity contribution is -0.131. The molecule has 3 unspecified atom stereocenters. The van der Waals surface area contributed by atoms with Crippen LogP contribution in [-0.2, 0) is 25.8 Å². The highest BCUT2D eigenvalue weighted by molar-refractivity contribution is 6.00. The number of aliphatic hydroxyl groups is 5. The zero-order chi connectivity index (χ0) is 27.4. The van der Waals surface area contributed by atoms with Gasteiger partial charge in [-0.1, -0.05) is 12.1 Å². The van der Waals surface area contributed by atoms with Gasteiger partial charge < -0.3 is 47.2 Å². The molecule has 0 bridgehead atoms. The average molecular weight is 512 g/mol. The third-order valence-corrected chi connectivity index (χ3v) is 4.97. The minimum atomic E-state index is -1.72. The van der Waals surface area contributed by atoms with E-state index in [2.05, 4.69) is 20.9 Å². The van der Waals surface area contributed by atoms with E-state index in [1.165, 1.54) is 26.0 Å². The number of nitrogens with zero attached hydrogens (tertiary/aromatic N) is 1. The van der Waals surface area contributed by atoms with Crippen molar-refractivity contribution in [3.8, 4) is 0 Å². The van der Waals surface area contributed by atoms with Crippen LogP contribution in [0.4, 0.5) is 5.69 Å². The number of benzene rings is 1. The molecule has 14 nitrogen and oxygen atoms in total. The van der Waals surface area contributed by atoms with Crippen LogP contribution in [0, 0.1) is 0 Å². The SMILES string of the molecule is CC(N=C[C@H](O)[C@@H](O)[C@H](O)CO)C(=O)NC(C)C(=O)NC(CC(N)=O)C(=O)Nc1ccc(CO)cc1. The molecule has 0 saturated heterocycles. The molecule has 0 radical (unpaired) electrons. The number of aliphatic hydroxyl groups excluding tert-OH is 5. The maximum absolute atomic E-state index is 12.6. The van der Waals surface area contributed by atoms with E-state index in [-0.39, 0.29) is 6.61 Å². The van der Waals surface area contributed by atoms with E-state index < -0.39 is 73.1 Å². The zero-order valence-electron chi connectivity index (χ0n) is 19.9. The molecule has 4 amide bonds. The summed E-state index contributed by atoms with van der Waals surface area (Å²) in [5, 5.41) is 53.7. The van der Waals surface area contributed by atoms with Gasteiger partial charge in [0, 0.05) is 11.9 Å². The third-order valence-electron chi connectivity index (χ3n) is 4.97. The van der Waals surface area contributed by atoms with Crippen LogP contribution < -0.4 is 21.7 Å². The van der Waals surface area contributed by atoms with Gasteiger partial charge in [0.25, 0.3) is 0 Å². The van der Waals surface area contributed by atoms with Crippen LogP contribution in [0.2, 0.25) is 0 Å². The number of carbonyl (C=O) groups excluding carboxylic acids is 4. The minimum absolute atomic E-state index is 0.183. The lowest BCUT2D eigenvalue weighted by atomic mass is 10.1. The third kappa shape index (κ3) is 10.1. The molecule has 1 rings (SSSR count). The molecule has 10 N–H and O–H groups in total. The van der Waals surface area contributed by atoms with Crippen LogP contribution in [0.3, 0.4) is 0 Å². The Balaban J connectivity index is 2.74. The van der Waals surface area contributed by atoms with Gasteiger partial charge in [-0.05, 0) is 31.5 Å². The Hall–Kier alpha value is -3.43. The number of rotatable bonds is 14. The standard InChI is InChI=1S/C22H33N5O9/c1-11(24-8-16(30)19(33)17(31)10-29)20(34)25-12(2)21(35)27-15(7-18(23)32)22(36)26-14-5-3-13(9-28)4-6-14/h3-6,8,11-12,15-17,19,28-31,33H,7,9-10H2,1-2H3,(H2,23,32)(H,25,34)(H,26,36)(H,27,35)/t11?,12?,15?,16-,17+,19+/m0/s1. The lowest BCUT2D eigenvalue weighted by Crippen LogP contribution is -2.53. The van der Waals surface area contributed by atoms with Gasteiger partial charge >= 0.3 is 0 Å². The number of carbonyl (C=O) groups is 4. The zero-order valence-corrected chi connectivity index (χ0v) is 19.9. The molecule has 6 atom stereocenters. The Labute approximate surface area is 207 Å². The highest BCUT2D eigenvalue weighted by atomic mass is 16.4. The van der Waals surface area contributed by atoms with Gasteiger partial charge in [0.1, 0.15) is 36.4 Å². The summed E-state index contributed by atoms with van der Waals surface area (Å²) in [5.41, 5.74) is 6.16. The Bertz CT molecular complexity index is 925. The summed E-state index contributed by atoms with van der Waals surface area (Å²) in [7, 11) is 0. The first-order valence-corrected chi connectivity index (χ1v) is 11.0. The summed E-state index contributed by atoms with van der Waals surface area (Å²) in [5.74, 6) is -3.11. The van der Waals surface area contributed by atoms with E-state index in [0.29, 0.717) is 11.3 Å². The first kappa shape index (κ1) is 30.6. The summed E-state index contributed by atoms with van der Waals surface area (Å²) in [6.45, 7) is 1.69. The quantitative estimate of drug-likeness (QED) is 0.112. The Morgan fingerprint density at radius 2 is 1.58 bits per heavy atom. The second kappa shape index (κ2) is 14.9. The van der Waals surface area contributed by atoms with Crippen molar-refractivity contribution in [1.29, 1.82) is 0 Å². The number of hydrogen-bond acceptors (Lipinski definition) is 10. The van der Waals surface area contributed by atoms with Gasteiger partial charge in [0.15, 0.2) is 0 Å². The van der Waals surface area contributed by atoms with Gasteiger partial charge in [0.05, 0.1) is 19.6 Å². The molecule has 0 aromatic heterocycles.